The van der Waals surface area contributed by atoms with Crippen molar-refractivity contribution in [1.29, 1.82) is 0 Å². The summed E-state index contributed by atoms with van der Waals surface area (Å²) in [6.07, 6.45) is 4.07. The van der Waals surface area contributed by atoms with Crippen LogP contribution >= 0.6 is 12.4 Å². The van der Waals surface area contributed by atoms with Gasteiger partial charge < -0.3 is 15.4 Å². The van der Waals surface area contributed by atoms with Gasteiger partial charge in [0, 0.05) is 12.1 Å². The van der Waals surface area contributed by atoms with Gasteiger partial charge in [0.2, 0.25) is 5.91 Å². The molecule has 2 N–H and O–H groups in total. The minimum absolute atomic E-state index is 0. The molecule has 0 aromatic heterocycles. The Kier molecular flexibility index (Phi) is 9.03. The molecule has 1 heterocycles. The first kappa shape index (κ1) is 19.8. The number of hydrogen-bond donors (Lipinski definition) is 2. The van der Waals surface area contributed by atoms with Gasteiger partial charge in [0.15, 0.2) is 0 Å². The Balaban J connectivity index is 0.00000264. The second-order valence-corrected chi connectivity index (χ2v) is 6.30. The lowest BCUT2D eigenvalue weighted by Crippen LogP contribution is -2.33. The van der Waals surface area contributed by atoms with Gasteiger partial charge >= 0.3 is 0 Å². The number of piperidine rings is 1. The summed E-state index contributed by atoms with van der Waals surface area (Å²) in [5.41, 5.74) is 0.952. The topological polar surface area (TPSA) is 50.4 Å². The summed E-state index contributed by atoms with van der Waals surface area (Å²) in [5.74, 6) is 1.58. The number of para-hydroxylation sites is 1. The van der Waals surface area contributed by atoms with Crippen LogP contribution in [0.25, 0.3) is 0 Å². The Labute approximate surface area is 145 Å². The lowest BCUT2D eigenvalue weighted by atomic mass is 9.96. The maximum Gasteiger partial charge on any atom is 0.224 e. The summed E-state index contributed by atoms with van der Waals surface area (Å²) in [7, 11) is 0. The molecule has 0 aliphatic carbocycles. The van der Waals surface area contributed by atoms with Crippen LogP contribution in [0, 0.1) is 5.92 Å². The molecule has 1 aromatic rings. The Bertz CT molecular complexity index is 474. The number of halogens is 1. The Hall–Kier alpha value is -1.26. The maximum atomic E-state index is 12.1. The molecule has 1 aliphatic rings. The Morgan fingerprint density at radius 3 is 2.87 bits per heavy atom. The summed E-state index contributed by atoms with van der Waals surface area (Å²) in [6.45, 7) is 6.97. The van der Waals surface area contributed by atoms with Crippen molar-refractivity contribution in [3.8, 4) is 5.75 Å². The SMILES string of the molecule is CC(C)Oc1ccccc1CC(=O)NCCC1CCCNC1.Cl. The van der Waals surface area contributed by atoms with Crippen LogP contribution in [-0.4, -0.2) is 31.6 Å². The largest absolute Gasteiger partial charge is 0.491 e. The molecule has 1 amide bonds. The van der Waals surface area contributed by atoms with Gasteiger partial charge in [0.25, 0.3) is 0 Å². The fourth-order valence-electron chi connectivity index (χ4n) is 2.84. The van der Waals surface area contributed by atoms with Gasteiger partial charge in [-0.15, -0.1) is 12.4 Å². The van der Waals surface area contributed by atoms with Gasteiger partial charge in [-0.2, -0.15) is 0 Å². The number of rotatable bonds is 7. The van der Waals surface area contributed by atoms with Crippen molar-refractivity contribution in [2.24, 2.45) is 5.92 Å². The highest BCUT2D eigenvalue weighted by molar-refractivity contribution is 5.85. The van der Waals surface area contributed by atoms with E-state index < -0.39 is 0 Å². The van der Waals surface area contributed by atoms with Gasteiger partial charge in [-0.25, -0.2) is 0 Å². The molecule has 1 aliphatic heterocycles. The molecule has 0 radical (unpaired) electrons. The number of carbonyl (C=O) groups excluding carboxylic acids is 1. The van der Waals surface area contributed by atoms with E-state index in [4.69, 9.17) is 4.74 Å². The number of ether oxygens (including phenoxy) is 1. The molecule has 0 spiro atoms. The van der Waals surface area contributed by atoms with Gasteiger partial charge in [0.1, 0.15) is 5.75 Å². The predicted molar refractivity (Wildman–Crippen MR) is 96.4 cm³/mol. The molecule has 4 nitrogen and oxygen atoms in total. The highest BCUT2D eigenvalue weighted by Crippen LogP contribution is 2.20. The second-order valence-electron chi connectivity index (χ2n) is 6.30. The Morgan fingerprint density at radius 1 is 1.39 bits per heavy atom. The van der Waals surface area contributed by atoms with Crippen molar-refractivity contribution in [2.75, 3.05) is 19.6 Å². The average molecular weight is 341 g/mol. The van der Waals surface area contributed by atoms with Crippen molar-refractivity contribution in [3.63, 3.8) is 0 Å². The minimum Gasteiger partial charge on any atom is -0.491 e. The maximum absolute atomic E-state index is 12.1. The first-order valence-corrected chi connectivity index (χ1v) is 8.37. The standard InChI is InChI=1S/C18H28N2O2.ClH/c1-14(2)22-17-8-4-3-7-16(17)12-18(21)20-11-9-15-6-5-10-19-13-15;/h3-4,7-8,14-15,19H,5-6,9-13H2,1-2H3,(H,20,21);1H. The van der Waals surface area contributed by atoms with Crippen LogP contribution in [-0.2, 0) is 11.2 Å². The minimum atomic E-state index is 0. The van der Waals surface area contributed by atoms with Crippen LogP contribution in [0.1, 0.15) is 38.7 Å². The second kappa shape index (κ2) is 10.5. The van der Waals surface area contributed by atoms with Crippen LogP contribution in [0.15, 0.2) is 24.3 Å². The molecular formula is C18H29ClN2O2. The molecule has 0 saturated carbocycles. The predicted octanol–water partition coefficient (Wildman–Crippen LogP) is 2.94. The van der Waals surface area contributed by atoms with Crippen molar-refractivity contribution in [2.45, 2.75) is 45.6 Å². The van der Waals surface area contributed by atoms with Crippen molar-refractivity contribution in [3.05, 3.63) is 29.8 Å². The zero-order valence-electron chi connectivity index (χ0n) is 14.1. The molecule has 1 fully saturated rings. The molecule has 1 unspecified atom stereocenters. The molecular weight excluding hydrogens is 312 g/mol. The third-order valence-corrected chi connectivity index (χ3v) is 3.96. The lowest BCUT2D eigenvalue weighted by molar-refractivity contribution is -0.120. The summed E-state index contributed by atoms with van der Waals surface area (Å²) in [6, 6.07) is 7.78. The number of carbonyl (C=O) groups is 1. The van der Waals surface area contributed by atoms with E-state index in [1.165, 1.54) is 12.8 Å². The summed E-state index contributed by atoms with van der Waals surface area (Å²) < 4.78 is 5.76. The molecule has 1 atom stereocenters. The zero-order chi connectivity index (χ0) is 15.8. The zero-order valence-corrected chi connectivity index (χ0v) is 15.0. The quantitative estimate of drug-likeness (QED) is 0.802. The van der Waals surface area contributed by atoms with Gasteiger partial charge in [0.05, 0.1) is 12.5 Å². The monoisotopic (exact) mass is 340 g/mol. The first-order chi connectivity index (χ1) is 10.6. The number of benzene rings is 1. The van der Waals surface area contributed by atoms with Crippen LogP contribution in [0.2, 0.25) is 0 Å². The van der Waals surface area contributed by atoms with Gasteiger partial charge in [-0.05, 0) is 58.2 Å². The van der Waals surface area contributed by atoms with Crippen molar-refractivity contribution in [1.82, 2.24) is 10.6 Å². The van der Waals surface area contributed by atoms with E-state index in [1.807, 2.05) is 38.1 Å². The highest BCUT2D eigenvalue weighted by Gasteiger charge is 2.14. The van der Waals surface area contributed by atoms with E-state index >= 15 is 0 Å². The fourth-order valence-corrected chi connectivity index (χ4v) is 2.84. The normalized spacial score (nSPS) is 17.4. The van der Waals surface area contributed by atoms with Crippen LogP contribution in [0.3, 0.4) is 0 Å². The smallest absolute Gasteiger partial charge is 0.224 e. The van der Waals surface area contributed by atoms with E-state index in [0.29, 0.717) is 12.3 Å². The summed E-state index contributed by atoms with van der Waals surface area (Å²) in [4.78, 5) is 12.1. The molecule has 130 valence electrons. The molecule has 5 heteroatoms. The van der Waals surface area contributed by atoms with Crippen LogP contribution in [0.5, 0.6) is 5.75 Å². The summed E-state index contributed by atoms with van der Waals surface area (Å²) in [5, 5.41) is 6.45. The number of hydrogen-bond acceptors (Lipinski definition) is 3. The third kappa shape index (κ3) is 7.23. The Morgan fingerprint density at radius 2 is 2.17 bits per heavy atom. The van der Waals surface area contributed by atoms with E-state index in [0.717, 1.165) is 37.4 Å². The number of nitrogens with one attached hydrogen (secondary N) is 2. The van der Waals surface area contributed by atoms with Crippen molar-refractivity contribution < 1.29 is 9.53 Å². The van der Waals surface area contributed by atoms with Gasteiger partial charge in [-0.1, -0.05) is 18.2 Å². The van der Waals surface area contributed by atoms with Gasteiger partial charge in [-0.3, -0.25) is 4.79 Å². The molecule has 23 heavy (non-hydrogen) atoms. The van der Waals surface area contributed by atoms with E-state index in [9.17, 15) is 4.79 Å². The third-order valence-electron chi connectivity index (χ3n) is 3.96. The summed E-state index contributed by atoms with van der Waals surface area (Å²) >= 11 is 0. The van der Waals surface area contributed by atoms with Crippen LogP contribution < -0.4 is 15.4 Å². The molecule has 1 aromatic carbocycles. The van der Waals surface area contributed by atoms with Crippen molar-refractivity contribution >= 4 is 18.3 Å². The molecule has 2 rings (SSSR count). The first-order valence-electron chi connectivity index (χ1n) is 8.37. The van der Waals surface area contributed by atoms with E-state index in [1.54, 1.807) is 0 Å². The number of amides is 1. The molecule has 1 saturated heterocycles. The highest BCUT2D eigenvalue weighted by atomic mass is 35.5. The molecule has 0 bridgehead atoms. The van der Waals surface area contributed by atoms with E-state index in [-0.39, 0.29) is 24.4 Å². The lowest BCUT2D eigenvalue weighted by Gasteiger charge is -2.22. The van der Waals surface area contributed by atoms with Crippen LogP contribution in [0.4, 0.5) is 0 Å². The fraction of sp³-hybridized carbons (Fsp3) is 0.611. The average Bonchev–Trinajstić information content (AvgIpc) is 2.50. The van der Waals surface area contributed by atoms with E-state index in [2.05, 4.69) is 10.6 Å².